The van der Waals surface area contributed by atoms with E-state index in [1.54, 1.807) is 0 Å². The van der Waals surface area contributed by atoms with Crippen LogP contribution in [0.25, 0.3) is 0 Å². The van der Waals surface area contributed by atoms with Gasteiger partial charge < -0.3 is 4.90 Å². The number of anilines is 1. The maximum absolute atomic E-state index is 12.3. The van der Waals surface area contributed by atoms with E-state index in [2.05, 4.69) is 44.0 Å². The van der Waals surface area contributed by atoms with Crippen molar-refractivity contribution in [3.8, 4) is 0 Å². The first-order chi connectivity index (χ1) is 12.9. The molecule has 7 nitrogen and oxygen atoms in total. The van der Waals surface area contributed by atoms with Gasteiger partial charge in [0, 0.05) is 51.1 Å². The van der Waals surface area contributed by atoms with Gasteiger partial charge in [0.2, 0.25) is 15.0 Å². The van der Waals surface area contributed by atoms with Crippen LogP contribution in [0.5, 0.6) is 0 Å². The van der Waals surface area contributed by atoms with E-state index in [4.69, 9.17) is 0 Å². The first kappa shape index (κ1) is 18.2. The van der Waals surface area contributed by atoms with Crippen molar-refractivity contribution in [1.29, 1.82) is 0 Å². The molecular weight excluding hydrogens is 364 g/mol. The number of benzene rings is 1. The van der Waals surface area contributed by atoms with Crippen molar-refractivity contribution < 1.29 is 8.42 Å². The third-order valence-corrected chi connectivity index (χ3v) is 6.19. The number of nitrogens with zero attached hydrogens (tertiary/aromatic N) is 3. The van der Waals surface area contributed by atoms with Crippen LogP contribution in [0.3, 0.4) is 0 Å². The predicted octanol–water partition coefficient (Wildman–Crippen LogP) is 1.33. The third kappa shape index (κ3) is 3.91. The molecular formula is C19H24N4O3S. The lowest BCUT2D eigenvalue weighted by Crippen LogP contribution is -2.36. The molecule has 144 valence electrons. The van der Waals surface area contributed by atoms with Crippen LogP contribution in [0.2, 0.25) is 0 Å². The van der Waals surface area contributed by atoms with Crippen LogP contribution in [0.4, 0.5) is 5.69 Å². The molecule has 0 aliphatic carbocycles. The molecule has 8 heteroatoms. The first-order valence-corrected chi connectivity index (χ1v) is 11.2. The summed E-state index contributed by atoms with van der Waals surface area (Å²) in [5.74, 6) is 0. The topological polar surface area (TPSA) is 86.4 Å². The lowest BCUT2D eigenvalue weighted by Gasteiger charge is -2.28. The fraction of sp³-hybridized carbons (Fsp3) is 0.474. The van der Waals surface area contributed by atoms with Gasteiger partial charge >= 0.3 is 0 Å². The van der Waals surface area contributed by atoms with Crippen LogP contribution in [0.1, 0.15) is 29.7 Å². The molecule has 1 N–H and O–H groups in total. The number of rotatable bonds is 4. The van der Waals surface area contributed by atoms with Gasteiger partial charge in [-0.1, -0.05) is 12.1 Å². The van der Waals surface area contributed by atoms with Crippen molar-refractivity contribution in [2.45, 2.75) is 37.5 Å². The Kier molecular flexibility index (Phi) is 4.77. The summed E-state index contributed by atoms with van der Waals surface area (Å²) in [4.78, 5) is 23.5. The van der Waals surface area contributed by atoms with Crippen LogP contribution in [-0.4, -0.2) is 49.2 Å². The number of H-pyrrole nitrogens is 1. The Hall–Kier alpha value is -2.19. The third-order valence-electron chi connectivity index (χ3n) is 5.29. The van der Waals surface area contributed by atoms with Crippen molar-refractivity contribution in [3.63, 3.8) is 0 Å². The molecule has 0 saturated carbocycles. The quantitative estimate of drug-likeness (QED) is 0.796. The Morgan fingerprint density at radius 2 is 1.81 bits per heavy atom. The molecule has 1 aromatic heterocycles. The second-order valence-electron chi connectivity index (χ2n) is 7.39. The molecule has 1 fully saturated rings. The zero-order chi connectivity index (χ0) is 19.0. The Morgan fingerprint density at radius 3 is 2.48 bits per heavy atom. The predicted molar refractivity (Wildman–Crippen MR) is 104 cm³/mol. The van der Waals surface area contributed by atoms with Gasteiger partial charge in [-0.25, -0.2) is 13.4 Å². The van der Waals surface area contributed by atoms with Gasteiger partial charge in [-0.3, -0.25) is 14.7 Å². The average molecular weight is 388 g/mol. The summed E-state index contributed by atoms with van der Waals surface area (Å²) in [5, 5.41) is -0.239. The number of aromatic nitrogens is 2. The summed E-state index contributed by atoms with van der Waals surface area (Å²) < 4.78 is 23.3. The lowest BCUT2D eigenvalue weighted by atomic mass is 10.1. The highest BCUT2D eigenvalue weighted by atomic mass is 32.2. The van der Waals surface area contributed by atoms with E-state index < -0.39 is 9.84 Å². The minimum atomic E-state index is -3.52. The van der Waals surface area contributed by atoms with Crippen LogP contribution in [-0.2, 0) is 29.3 Å². The second-order valence-corrected chi connectivity index (χ2v) is 9.32. The van der Waals surface area contributed by atoms with Crippen molar-refractivity contribution in [3.05, 3.63) is 51.4 Å². The Morgan fingerprint density at radius 1 is 1.11 bits per heavy atom. The summed E-state index contributed by atoms with van der Waals surface area (Å²) in [7, 11) is -3.52. The molecule has 0 amide bonds. The van der Waals surface area contributed by atoms with Crippen LogP contribution >= 0.6 is 0 Å². The van der Waals surface area contributed by atoms with E-state index in [1.807, 2.05) is 0 Å². The number of sulfone groups is 1. The van der Waals surface area contributed by atoms with Gasteiger partial charge in [0.1, 0.15) is 0 Å². The molecule has 27 heavy (non-hydrogen) atoms. The second kappa shape index (κ2) is 7.09. The molecule has 0 bridgehead atoms. The normalized spacial score (nSPS) is 17.9. The van der Waals surface area contributed by atoms with Gasteiger partial charge in [0.05, 0.1) is 11.3 Å². The number of hydrogen-bond acceptors (Lipinski definition) is 6. The molecule has 1 aromatic carbocycles. The van der Waals surface area contributed by atoms with Crippen molar-refractivity contribution in [2.24, 2.45) is 0 Å². The Bertz CT molecular complexity index is 993. The van der Waals surface area contributed by atoms with E-state index in [0.717, 1.165) is 32.4 Å². The van der Waals surface area contributed by atoms with Gasteiger partial charge in [-0.15, -0.1) is 0 Å². The van der Waals surface area contributed by atoms with Crippen LogP contribution < -0.4 is 10.5 Å². The molecule has 0 atom stereocenters. The van der Waals surface area contributed by atoms with E-state index >= 15 is 0 Å². The standard InChI is InChI=1S/C19H24N4O3S/c1-27(25,26)19-20-17-8-11-22(13-16(17)18(24)21-19)12-14-4-6-15(7-5-14)23-9-2-3-10-23/h4-7H,2-3,8-13H2,1H3,(H,20,21,24). The maximum Gasteiger partial charge on any atom is 0.256 e. The average Bonchev–Trinajstić information content (AvgIpc) is 3.16. The maximum atomic E-state index is 12.3. The summed E-state index contributed by atoms with van der Waals surface area (Å²) in [5.41, 5.74) is 3.30. The van der Waals surface area contributed by atoms with E-state index in [9.17, 15) is 13.2 Å². The zero-order valence-electron chi connectivity index (χ0n) is 15.4. The lowest BCUT2D eigenvalue weighted by molar-refractivity contribution is 0.241. The Balaban J connectivity index is 1.47. The molecule has 0 unspecified atom stereocenters. The molecule has 2 aliphatic rings. The summed E-state index contributed by atoms with van der Waals surface area (Å²) in [6.07, 6.45) is 4.16. The van der Waals surface area contributed by atoms with Crippen LogP contribution in [0, 0.1) is 0 Å². The molecule has 0 radical (unpaired) electrons. The number of hydrogen-bond donors (Lipinski definition) is 1. The van der Waals surface area contributed by atoms with Gasteiger partial charge in [-0.05, 0) is 30.5 Å². The van der Waals surface area contributed by atoms with E-state index in [1.165, 1.54) is 24.1 Å². The van der Waals surface area contributed by atoms with Crippen molar-refractivity contribution in [2.75, 3.05) is 30.8 Å². The molecule has 2 aromatic rings. The van der Waals surface area contributed by atoms with Crippen molar-refractivity contribution in [1.82, 2.24) is 14.9 Å². The minimum Gasteiger partial charge on any atom is -0.372 e. The summed E-state index contributed by atoms with van der Waals surface area (Å²) in [6, 6.07) is 8.65. The highest BCUT2D eigenvalue weighted by Crippen LogP contribution is 2.22. The SMILES string of the molecule is CS(=O)(=O)c1nc2c(c(=O)[nH]1)CN(Cc1ccc(N3CCCC3)cc1)CC2. The first-order valence-electron chi connectivity index (χ1n) is 9.28. The molecule has 1 saturated heterocycles. The summed E-state index contributed by atoms with van der Waals surface area (Å²) >= 11 is 0. The van der Waals surface area contributed by atoms with E-state index in [0.29, 0.717) is 24.2 Å². The molecule has 0 spiro atoms. The van der Waals surface area contributed by atoms with Crippen molar-refractivity contribution >= 4 is 15.5 Å². The fourth-order valence-electron chi connectivity index (χ4n) is 3.81. The summed E-state index contributed by atoms with van der Waals surface area (Å²) in [6.45, 7) is 4.25. The number of nitrogens with one attached hydrogen (secondary N) is 1. The highest BCUT2D eigenvalue weighted by molar-refractivity contribution is 7.90. The molecule has 2 aliphatic heterocycles. The van der Waals surface area contributed by atoms with Crippen LogP contribution in [0.15, 0.2) is 34.2 Å². The van der Waals surface area contributed by atoms with Gasteiger partial charge in [-0.2, -0.15) is 0 Å². The van der Waals surface area contributed by atoms with Gasteiger partial charge in [0.25, 0.3) is 5.56 Å². The minimum absolute atomic E-state index is 0.239. The van der Waals surface area contributed by atoms with E-state index in [-0.39, 0.29) is 10.7 Å². The number of fused-ring (bicyclic) bond motifs is 1. The fourth-order valence-corrected chi connectivity index (χ4v) is 4.37. The smallest absolute Gasteiger partial charge is 0.256 e. The van der Waals surface area contributed by atoms with Gasteiger partial charge in [0.15, 0.2) is 0 Å². The monoisotopic (exact) mass is 388 g/mol. The molecule has 4 rings (SSSR count). The largest absolute Gasteiger partial charge is 0.372 e. The Labute approximate surface area is 159 Å². The zero-order valence-corrected chi connectivity index (χ0v) is 16.3. The molecule has 3 heterocycles. The number of aromatic amines is 1. The highest BCUT2D eigenvalue weighted by Gasteiger charge is 2.23.